The highest BCUT2D eigenvalue weighted by Gasteiger charge is 2.19. The van der Waals surface area contributed by atoms with Gasteiger partial charge in [0.15, 0.2) is 23.0 Å². The fraction of sp³-hybridized carbons (Fsp3) is 0.250. The summed E-state index contributed by atoms with van der Waals surface area (Å²) in [5, 5.41) is 39.8. The second kappa shape index (κ2) is 12.4. The van der Waals surface area contributed by atoms with Gasteiger partial charge in [0, 0.05) is 12.1 Å². The van der Waals surface area contributed by atoms with E-state index in [9.17, 15) is 20.4 Å². The molecule has 4 N–H and O–H groups in total. The van der Waals surface area contributed by atoms with Gasteiger partial charge in [0.05, 0.1) is 28.4 Å². The van der Waals surface area contributed by atoms with Gasteiger partial charge < -0.3 is 39.4 Å². The van der Waals surface area contributed by atoms with Crippen LogP contribution in [-0.4, -0.2) is 48.9 Å². The molecular formula is C32H34O8. The summed E-state index contributed by atoms with van der Waals surface area (Å²) in [6, 6.07) is 16.9. The van der Waals surface area contributed by atoms with E-state index in [4.69, 9.17) is 18.9 Å². The molecule has 8 nitrogen and oxygen atoms in total. The van der Waals surface area contributed by atoms with Crippen molar-refractivity contribution in [3.8, 4) is 57.1 Å². The van der Waals surface area contributed by atoms with Gasteiger partial charge in [-0.3, -0.25) is 0 Å². The first-order valence-corrected chi connectivity index (χ1v) is 12.8. The Hall–Kier alpha value is -4.72. The summed E-state index contributed by atoms with van der Waals surface area (Å²) in [4.78, 5) is 0. The molecule has 0 aliphatic rings. The van der Waals surface area contributed by atoms with Crippen LogP contribution in [0.25, 0.3) is 11.1 Å². The molecule has 0 fully saturated rings. The standard InChI is InChI=1S/C32H34O8/c1-37-29-13-21(7-5-19-9-23(33)15-24(34)10-19)27(17-31(29)39-3)28-18-32(40-4)30(38-2)14-22(28)8-6-20-11-25(35)16-26(36)12-20/h9-18,33-36H,5-8H2,1-4H3. The van der Waals surface area contributed by atoms with Crippen molar-refractivity contribution in [1.82, 2.24) is 0 Å². The maximum absolute atomic E-state index is 9.95. The number of hydrogen-bond acceptors (Lipinski definition) is 8. The van der Waals surface area contributed by atoms with Crippen molar-refractivity contribution >= 4 is 0 Å². The van der Waals surface area contributed by atoms with Crippen LogP contribution in [0.2, 0.25) is 0 Å². The molecule has 0 atom stereocenters. The van der Waals surface area contributed by atoms with E-state index in [1.54, 1.807) is 52.7 Å². The Morgan fingerprint density at radius 3 is 1.00 bits per heavy atom. The lowest BCUT2D eigenvalue weighted by Crippen LogP contribution is -2.03. The van der Waals surface area contributed by atoms with E-state index >= 15 is 0 Å². The maximum Gasteiger partial charge on any atom is 0.161 e. The van der Waals surface area contributed by atoms with Crippen LogP contribution in [0, 0.1) is 0 Å². The third kappa shape index (κ3) is 6.46. The number of phenolic OH excluding ortho intramolecular Hbond substituents is 4. The number of phenols is 4. The zero-order valence-corrected chi connectivity index (χ0v) is 23.0. The monoisotopic (exact) mass is 546 g/mol. The highest BCUT2D eigenvalue weighted by Crippen LogP contribution is 2.42. The fourth-order valence-corrected chi connectivity index (χ4v) is 4.92. The lowest BCUT2D eigenvalue weighted by Gasteiger charge is -2.20. The van der Waals surface area contributed by atoms with Gasteiger partial charge in [-0.2, -0.15) is 0 Å². The molecule has 210 valence electrons. The number of rotatable bonds is 11. The Morgan fingerprint density at radius 1 is 0.400 bits per heavy atom. The van der Waals surface area contributed by atoms with Crippen LogP contribution in [-0.2, 0) is 25.7 Å². The van der Waals surface area contributed by atoms with Gasteiger partial charge in [-0.05, 0) is 108 Å². The third-order valence-electron chi connectivity index (χ3n) is 6.80. The normalized spacial score (nSPS) is 10.8. The molecule has 40 heavy (non-hydrogen) atoms. The van der Waals surface area contributed by atoms with Crippen LogP contribution in [0.4, 0.5) is 0 Å². The van der Waals surface area contributed by atoms with Gasteiger partial charge in [-0.15, -0.1) is 0 Å². The Bertz CT molecular complexity index is 1340. The van der Waals surface area contributed by atoms with Gasteiger partial charge in [0.1, 0.15) is 23.0 Å². The SMILES string of the molecule is COc1cc(CCc2cc(O)cc(O)c2)c(-c2cc(OC)c(OC)cc2CCc2cc(O)cc(O)c2)cc1OC. The largest absolute Gasteiger partial charge is 0.508 e. The van der Waals surface area contributed by atoms with Crippen molar-refractivity contribution in [2.24, 2.45) is 0 Å². The minimum atomic E-state index is 0.00250. The quantitative estimate of drug-likeness (QED) is 0.187. The number of aryl methyl sites for hydroxylation is 4. The lowest BCUT2D eigenvalue weighted by atomic mass is 9.89. The highest BCUT2D eigenvalue weighted by molar-refractivity contribution is 5.77. The van der Waals surface area contributed by atoms with Gasteiger partial charge in [-0.25, -0.2) is 0 Å². The van der Waals surface area contributed by atoms with Crippen LogP contribution < -0.4 is 18.9 Å². The Labute approximate surface area is 233 Å². The van der Waals surface area contributed by atoms with E-state index in [1.807, 2.05) is 24.3 Å². The van der Waals surface area contributed by atoms with Gasteiger partial charge in [0.25, 0.3) is 0 Å². The lowest BCUT2D eigenvalue weighted by molar-refractivity contribution is 0.354. The summed E-state index contributed by atoms with van der Waals surface area (Å²) in [6.07, 6.45) is 2.25. The first-order valence-electron chi connectivity index (χ1n) is 12.8. The van der Waals surface area contributed by atoms with Crippen LogP contribution in [0.5, 0.6) is 46.0 Å². The zero-order chi connectivity index (χ0) is 28.8. The highest BCUT2D eigenvalue weighted by atomic mass is 16.5. The second-order valence-corrected chi connectivity index (χ2v) is 9.44. The fourth-order valence-electron chi connectivity index (χ4n) is 4.92. The molecule has 0 amide bonds. The van der Waals surface area contributed by atoms with Crippen molar-refractivity contribution in [1.29, 1.82) is 0 Å². The first-order chi connectivity index (χ1) is 19.2. The molecule has 0 spiro atoms. The molecular weight excluding hydrogens is 512 g/mol. The molecule has 0 radical (unpaired) electrons. The predicted octanol–water partition coefficient (Wildman–Crippen LogP) is 5.78. The minimum absolute atomic E-state index is 0.00250. The van der Waals surface area contributed by atoms with Crippen LogP contribution >= 0.6 is 0 Å². The van der Waals surface area contributed by atoms with E-state index in [2.05, 4.69) is 0 Å². The number of ether oxygens (including phenoxy) is 4. The van der Waals surface area contributed by atoms with Gasteiger partial charge >= 0.3 is 0 Å². The van der Waals surface area contributed by atoms with Crippen molar-refractivity contribution in [2.75, 3.05) is 28.4 Å². The Balaban J connectivity index is 1.82. The summed E-state index contributed by atoms with van der Waals surface area (Å²) >= 11 is 0. The van der Waals surface area contributed by atoms with E-state index in [0.717, 1.165) is 33.4 Å². The first kappa shape index (κ1) is 28.3. The minimum Gasteiger partial charge on any atom is -0.508 e. The zero-order valence-electron chi connectivity index (χ0n) is 23.0. The predicted molar refractivity (Wildman–Crippen MR) is 152 cm³/mol. The number of aromatic hydroxyl groups is 4. The summed E-state index contributed by atoms with van der Waals surface area (Å²) in [5.74, 6) is 2.30. The summed E-state index contributed by atoms with van der Waals surface area (Å²) in [7, 11) is 6.34. The summed E-state index contributed by atoms with van der Waals surface area (Å²) in [6.45, 7) is 0. The summed E-state index contributed by atoms with van der Waals surface area (Å²) < 4.78 is 22.5. The third-order valence-corrected chi connectivity index (χ3v) is 6.80. The average Bonchev–Trinajstić information content (AvgIpc) is 2.93. The molecule has 8 heteroatoms. The molecule has 0 heterocycles. The average molecular weight is 547 g/mol. The molecule has 0 aliphatic carbocycles. The van der Waals surface area contributed by atoms with Crippen LogP contribution in [0.3, 0.4) is 0 Å². The van der Waals surface area contributed by atoms with Crippen LogP contribution in [0.15, 0.2) is 60.7 Å². The van der Waals surface area contributed by atoms with E-state index in [1.165, 1.54) is 12.1 Å². The van der Waals surface area contributed by atoms with E-state index in [0.29, 0.717) is 48.7 Å². The van der Waals surface area contributed by atoms with Crippen molar-refractivity contribution in [3.63, 3.8) is 0 Å². The smallest absolute Gasteiger partial charge is 0.161 e. The molecule has 4 aromatic carbocycles. The number of benzene rings is 4. The molecule has 0 saturated carbocycles. The Morgan fingerprint density at radius 2 is 0.700 bits per heavy atom. The molecule has 4 rings (SSSR count). The van der Waals surface area contributed by atoms with Gasteiger partial charge in [-0.1, -0.05) is 0 Å². The van der Waals surface area contributed by atoms with Crippen molar-refractivity contribution < 1.29 is 39.4 Å². The summed E-state index contributed by atoms with van der Waals surface area (Å²) in [5.41, 5.74) is 5.30. The van der Waals surface area contributed by atoms with Crippen molar-refractivity contribution in [3.05, 3.63) is 82.9 Å². The van der Waals surface area contributed by atoms with E-state index < -0.39 is 0 Å². The Kier molecular flexibility index (Phi) is 8.79. The van der Waals surface area contributed by atoms with Crippen molar-refractivity contribution in [2.45, 2.75) is 25.7 Å². The molecule has 0 unspecified atom stereocenters. The molecule has 0 aliphatic heterocycles. The topological polar surface area (TPSA) is 118 Å². The van der Waals surface area contributed by atoms with Gasteiger partial charge in [0.2, 0.25) is 0 Å². The molecule has 4 aromatic rings. The molecule has 0 saturated heterocycles. The van der Waals surface area contributed by atoms with E-state index in [-0.39, 0.29) is 23.0 Å². The second-order valence-electron chi connectivity index (χ2n) is 9.44. The maximum atomic E-state index is 9.95. The number of hydrogen-bond donors (Lipinski definition) is 4. The molecule has 0 aromatic heterocycles. The number of methoxy groups -OCH3 is 4. The van der Waals surface area contributed by atoms with Crippen LogP contribution in [0.1, 0.15) is 22.3 Å². The molecule has 0 bridgehead atoms.